The molecule has 1 N–H and O–H groups in total. The molecule has 0 atom stereocenters. The summed E-state index contributed by atoms with van der Waals surface area (Å²) in [5, 5.41) is 0.776. The van der Waals surface area contributed by atoms with Crippen LogP contribution in [0.5, 0.6) is 0 Å². The zero-order valence-corrected chi connectivity index (χ0v) is 36.3. The molecule has 0 spiro atoms. The Morgan fingerprint density at radius 1 is 0.375 bits per heavy atom. The molecule has 0 amide bonds. The van der Waals surface area contributed by atoms with Gasteiger partial charge in [-0.3, -0.25) is 0 Å². The molecular formula is C43H23BF24N2S2. The minimum atomic E-state index is -6.13. The Kier molecular flexibility index (Phi) is 15.5. The molecular weight excluding hydrogens is 1080 g/mol. The second kappa shape index (κ2) is 19.5. The van der Waals surface area contributed by atoms with Crippen LogP contribution in [0.4, 0.5) is 105 Å². The number of nitrogens with zero attached hydrogens (tertiary/aromatic N) is 1. The van der Waals surface area contributed by atoms with E-state index >= 15 is 0 Å². The molecule has 0 radical (unpaired) electrons. The van der Waals surface area contributed by atoms with E-state index < -0.39 is 195 Å². The number of H-pyrrole nitrogens is 1. The van der Waals surface area contributed by atoms with Crippen LogP contribution in [0.15, 0.2) is 121 Å². The molecule has 29 heteroatoms. The van der Waals surface area contributed by atoms with Crippen molar-refractivity contribution in [1.82, 2.24) is 4.98 Å². The van der Waals surface area contributed by atoms with Crippen LogP contribution in [0.3, 0.4) is 0 Å². The van der Waals surface area contributed by atoms with Gasteiger partial charge in [0, 0.05) is 5.56 Å². The predicted octanol–water partition coefficient (Wildman–Crippen LogP) is 13.6. The van der Waals surface area contributed by atoms with Gasteiger partial charge >= 0.3 is 49.4 Å². The molecule has 0 saturated carbocycles. The number of hydrogen-bond acceptors (Lipinski definition) is 2. The molecule has 5 aromatic carbocycles. The highest BCUT2D eigenvalue weighted by atomic mass is 32.1. The SMILES string of the molecule is FC(F)(F)c1cc([B-](c2cc(C(F)(F)F)cc(C(F)(F)F)c2)(c2cc(C(F)(F)F)cc(C(F)(F)F)c2)c2cc(C(F)(F)F)cc(C(F)(F)F)c2)cc(C(F)(F)F)c1.S=c1c[n+](Cc2ccccc2)cc(S)[nH]1. The van der Waals surface area contributed by atoms with Crippen molar-refractivity contribution in [3.63, 3.8) is 0 Å². The Hall–Kier alpha value is -5.87. The fourth-order valence-electron chi connectivity index (χ4n) is 7.49. The lowest BCUT2D eigenvalue weighted by Crippen LogP contribution is -2.75. The van der Waals surface area contributed by atoms with Gasteiger partial charge in [0.05, 0.1) is 44.5 Å². The van der Waals surface area contributed by atoms with Crippen LogP contribution in [0, 0.1) is 4.64 Å². The number of halogens is 24. The van der Waals surface area contributed by atoms with E-state index in [0.717, 1.165) is 11.6 Å². The Balaban J connectivity index is 0.000000542. The lowest BCUT2D eigenvalue weighted by Gasteiger charge is -2.46. The highest BCUT2D eigenvalue weighted by molar-refractivity contribution is 7.80. The average Bonchev–Trinajstić information content (AvgIpc) is 3.21. The summed E-state index contributed by atoms with van der Waals surface area (Å²) in [6.45, 7) is 0.812. The number of alkyl halides is 24. The molecule has 0 aliphatic rings. The summed E-state index contributed by atoms with van der Waals surface area (Å²) < 4.78 is 344. The van der Waals surface area contributed by atoms with Crippen molar-refractivity contribution < 1.29 is 110 Å². The topological polar surface area (TPSA) is 19.7 Å². The highest BCUT2D eigenvalue weighted by Gasteiger charge is 2.47. The van der Waals surface area contributed by atoms with Crippen LogP contribution in [-0.4, -0.2) is 11.1 Å². The van der Waals surface area contributed by atoms with Crippen molar-refractivity contribution in [3.8, 4) is 0 Å². The fourth-order valence-corrected chi connectivity index (χ4v) is 8.08. The van der Waals surface area contributed by atoms with E-state index in [2.05, 4.69) is 29.7 Å². The van der Waals surface area contributed by atoms with E-state index in [1.54, 1.807) is 0 Å². The number of aromatic amines is 1. The molecule has 1 aromatic heterocycles. The summed E-state index contributed by atoms with van der Waals surface area (Å²) in [4.78, 5) is 2.95. The zero-order valence-electron chi connectivity index (χ0n) is 34.6. The number of aromatic nitrogens is 2. The summed E-state index contributed by atoms with van der Waals surface area (Å²) in [7, 11) is 0. The molecule has 0 unspecified atom stereocenters. The van der Waals surface area contributed by atoms with Crippen LogP contribution in [0.1, 0.15) is 50.1 Å². The lowest BCUT2D eigenvalue weighted by atomic mass is 9.12. The van der Waals surface area contributed by atoms with Crippen LogP contribution >= 0.6 is 24.8 Å². The van der Waals surface area contributed by atoms with Crippen molar-refractivity contribution in [1.29, 1.82) is 0 Å². The Morgan fingerprint density at radius 3 is 0.819 bits per heavy atom. The smallest absolute Gasteiger partial charge is 0.332 e. The quantitative estimate of drug-likeness (QED) is 0.0560. The molecule has 388 valence electrons. The van der Waals surface area contributed by atoms with Crippen molar-refractivity contribution >= 4 is 52.8 Å². The second-order valence-electron chi connectivity index (χ2n) is 15.5. The van der Waals surface area contributed by atoms with Crippen molar-refractivity contribution in [2.75, 3.05) is 0 Å². The Labute approximate surface area is 398 Å². The zero-order chi connectivity index (χ0) is 54.6. The first-order chi connectivity index (χ1) is 32.5. The molecule has 0 fully saturated rings. The molecule has 0 bridgehead atoms. The first-order valence-electron chi connectivity index (χ1n) is 19.2. The van der Waals surface area contributed by atoms with E-state index in [-0.39, 0.29) is 0 Å². The fraction of sp³-hybridized carbons (Fsp3) is 0.209. The van der Waals surface area contributed by atoms with Gasteiger partial charge < -0.3 is 4.98 Å². The first-order valence-corrected chi connectivity index (χ1v) is 20.1. The van der Waals surface area contributed by atoms with Gasteiger partial charge in [-0.15, -0.1) is 12.6 Å². The van der Waals surface area contributed by atoms with Gasteiger partial charge in [0.25, 0.3) is 0 Å². The van der Waals surface area contributed by atoms with Gasteiger partial charge in [0.15, 0.2) is 17.4 Å². The molecule has 0 saturated heterocycles. The summed E-state index contributed by atoms with van der Waals surface area (Å²) in [5.41, 5.74) is -29.0. The number of hydrogen-bond donors (Lipinski definition) is 2. The minimum Gasteiger partial charge on any atom is -0.332 e. The number of rotatable bonds is 6. The van der Waals surface area contributed by atoms with Gasteiger partial charge in [-0.25, -0.2) is 0 Å². The molecule has 0 aliphatic heterocycles. The van der Waals surface area contributed by atoms with Gasteiger partial charge in [0.2, 0.25) is 6.20 Å². The largest absolute Gasteiger partial charge is 0.416 e. The van der Waals surface area contributed by atoms with Crippen molar-refractivity contribution in [2.24, 2.45) is 0 Å². The Morgan fingerprint density at radius 2 is 0.611 bits per heavy atom. The van der Waals surface area contributed by atoms with Crippen molar-refractivity contribution in [2.45, 2.75) is 61.0 Å². The van der Waals surface area contributed by atoms with Gasteiger partial charge in [0.1, 0.15) is 11.2 Å². The van der Waals surface area contributed by atoms with Crippen LogP contribution < -0.4 is 26.4 Å². The standard InChI is InChI=1S/C32H12BF24.C11H10N2S2/c34-25(35,36)13-1-14(26(37,38)39)6-21(5-13)33(22-7-15(27(40,41)42)2-16(8-22)28(43,44)45,23-9-17(29(46,47)48)3-18(10-23)30(49,50)51)24-11-19(31(52,53)54)4-20(12-24)32(55,56)57;14-10-7-13(8-11(15)12-10)6-9-4-2-1-3-5-9/h1-12H;1-5,7-8H,6H2,(H-,12,14,15)/q-1;/p+1. The van der Waals surface area contributed by atoms with E-state index in [0.29, 0.717) is 4.64 Å². The molecule has 2 nitrogen and oxygen atoms in total. The third-order valence-corrected chi connectivity index (χ3v) is 10.9. The normalized spacial score (nSPS) is 13.5. The number of benzene rings is 5. The van der Waals surface area contributed by atoms with E-state index in [4.69, 9.17) is 12.2 Å². The molecule has 6 aromatic rings. The highest BCUT2D eigenvalue weighted by Crippen LogP contribution is 2.41. The molecule has 6 rings (SSSR count). The van der Waals surface area contributed by atoms with E-state index in [1.807, 2.05) is 35.2 Å². The van der Waals surface area contributed by atoms with Gasteiger partial charge in [-0.05, 0) is 24.3 Å². The predicted molar refractivity (Wildman–Crippen MR) is 215 cm³/mol. The maximum absolute atomic E-state index is 14.2. The third kappa shape index (κ3) is 13.4. The van der Waals surface area contributed by atoms with E-state index in [1.165, 1.54) is 5.56 Å². The Bertz CT molecular complexity index is 2540. The first kappa shape index (κ1) is 57.0. The summed E-state index contributed by atoms with van der Waals surface area (Å²) in [6.07, 6.45) is -51.0. The van der Waals surface area contributed by atoms with Gasteiger partial charge in [-0.1, -0.05) is 91.1 Å². The lowest BCUT2D eigenvalue weighted by molar-refractivity contribution is -0.691. The number of thiol groups is 1. The second-order valence-corrected chi connectivity index (χ2v) is 16.4. The average molecular weight is 1100 g/mol. The van der Waals surface area contributed by atoms with Crippen LogP contribution in [0.2, 0.25) is 0 Å². The number of nitrogens with one attached hydrogen (secondary N) is 1. The van der Waals surface area contributed by atoms with Gasteiger partial charge in [-0.2, -0.15) is 132 Å². The van der Waals surface area contributed by atoms with Crippen LogP contribution in [-0.2, 0) is 56.0 Å². The monoisotopic (exact) mass is 1100 g/mol. The summed E-state index contributed by atoms with van der Waals surface area (Å²) >= 11 is 9.33. The maximum atomic E-state index is 14.2. The van der Waals surface area contributed by atoms with E-state index in [9.17, 15) is 105 Å². The molecule has 72 heavy (non-hydrogen) atoms. The molecule has 0 aliphatic carbocycles. The summed E-state index contributed by atoms with van der Waals surface area (Å²) in [5.74, 6) is 0. The summed E-state index contributed by atoms with van der Waals surface area (Å²) in [6, 6.07) is 1.43. The third-order valence-electron chi connectivity index (χ3n) is 10.5. The minimum absolute atomic E-state index is 0.691. The van der Waals surface area contributed by atoms with Crippen molar-refractivity contribution in [3.05, 3.63) is 170 Å². The molecule has 1 heterocycles. The van der Waals surface area contributed by atoms with Crippen LogP contribution in [0.25, 0.3) is 0 Å². The maximum Gasteiger partial charge on any atom is 0.416 e.